The molecule has 6 nitrogen and oxygen atoms in total. The fourth-order valence-electron chi connectivity index (χ4n) is 2.12. The van der Waals surface area contributed by atoms with E-state index in [1.807, 2.05) is 12.1 Å². The summed E-state index contributed by atoms with van der Waals surface area (Å²) in [6.07, 6.45) is 1.70. The van der Waals surface area contributed by atoms with Gasteiger partial charge in [0.2, 0.25) is 0 Å². The highest BCUT2D eigenvalue weighted by Gasteiger charge is 2.11. The van der Waals surface area contributed by atoms with Crippen molar-refractivity contribution in [2.24, 2.45) is 0 Å². The second-order valence-corrected chi connectivity index (χ2v) is 4.67. The highest BCUT2D eigenvalue weighted by atomic mass is 16.6. The van der Waals surface area contributed by atoms with Gasteiger partial charge in [-0.2, -0.15) is 0 Å². The number of aromatic nitrogens is 1. The summed E-state index contributed by atoms with van der Waals surface area (Å²) in [6, 6.07) is 14.7. The fraction of sp³-hybridized carbons (Fsp3) is 0. The topological polar surface area (TPSA) is 85.1 Å². The molecule has 108 valence electrons. The standard InChI is InChI=1S/C16H11N3O3/c20-16(12-3-1-5-14(10-12)19(21)22)18-13-6-7-15-11(9-13)4-2-8-17-15/h1-10H,(H,18,20). The molecule has 1 amide bonds. The number of nitro benzene ring substituents is 1. The number of nitrogens with one attached hydrogen (secondary N) is 1. The number of carbonyl (C=O) groups excluding carboxylic acids is 1. The van der Waals surface area contributed by atoms with E-state index >= 15 is 0 Å². The first kappa shape index (κ1) is 13.7. The summed E-state index contributed by atoms with van der Waals surface area (Å²) in [5, 5.41) is 14.4. The molecule has 3 aromatic rings. The number of fused-ring (bicyclic) bond motifs is 1. The van der Waals surface area contributed by atoms with Gasteiger partial charge in [-0.3, -0.25) is 19.9 Å². The first-order valence-electron chi connectivity index (χ1n) is 6.54. The van der Waals surface area contributed by atoms with Crippen molar-refractivity contribution < 1.29 is 9.72 Å². The van der Waals surface area contributed by atoms with Crippen LogP contribution in [-0.4, -0.2) is 15.8 Å². The Labute approximate surface area is 125 Å². The monoisotopic (exact) mass is 293 g/mol. The highest BCUT2D eigenvalue weighted by Crippen LogP contribution is 2.19. The number of hydrogen-bond donors (Lipinski definition) is 1. The average Bonchev–Trinajstić information content (AvgIpc) is 2.55. The molecule has 0 saturated carbocycles. The Morgan fingerprint density at radius 2 is 1.95 bits per heavy atom. The van der Waals surface area contributed by atoms with Crippen molar-refractivity contribution in [1.29, 1.82) is 0 Å². The van der Waals surface area contributed by atoms with Gasteiger partial charge in [0.05, 0.1) is 10.4 Å². The molecule has 1 aromatic heterocycles. The van der Waals surface area contributed by atoms with Gasteiger partial charge in [-0.1, -0.05) is 12.1 Å². The van der Waals surface area contributed by atoms with Gasteiger partial charge in [0, 0.05) is 35.0 Å². The molecule has 22 heavy (non-hydrogen) atoms. The number of nitrogens with zero attached hydrogens (tertiary/aromatic N) is 2. The molecule has 6 heteroatoms. The van der Waals surface area contributed by atoms with Crippen LogP contribution in [0.15, 0.2) is 60.8 Å². The second-order valence-electron chi connectivity index (χ2n) is 4.67. The largest absolute Gasteiger partial charge is 0.322 e. The van der Waals surface area contributed by atoms with E-state index in [1.165, 1.54) is 24.3 Å². The number of benzene rings is 2. The van der Waals surface area contributed by atoms with Gasteiger partial charge in [0.25, 0.3) is 11.6 Å². The van der Waals surface area contributed by atoms with Crippen molar-refractivity contribution in [3.05, 3.63) is 76.5 Å². The van der Waals surface area contributed by atoms with E-state index in [1.54, 1.807) is 24.4 Å². The Balaban J connectivity index is 1.86. The smallest absolute Gasteiger partial charge is 0.270 e. The van der Waals surface area contributed by atoms with Crippen molar-refractivity contribution in [2.45, 2.75) is 0 Å². The summed E-state index contributed by atoms with van der Waals surface area (Å²) in [6.45, 7) is 0. The molecule has 0 aliphatic rings. The highest BCUT2D eigenvalue weighted by molar-refractivity contribution is 6.05. The van der Waals surface area contributed by atoms with Crippen LogP contribution in [0.4, 0.5) is 11.4 Å². The Morgan fingerprint density at radius 3 is 2.77 bits per heavy atom. The molecule has 1 N–H and O–H groups in total. The summed E-state index contributed by atoms with van der Waals surface area (Å²) in [5.41, 5.74) is 1.56. The van der Waals surface area contributed by atoms with Crippen molar-refractivity contribution in [2.75, 3.05) is 5.32 Å². The minimum atomic E-state index is -0.529. The van der Waals surface area contributed by atoms with E-state index in [2.05, 4.69) is 10.3 Å². The van der Waals surface area contributed by atoms with Gasteiger partial charge in [-0.05, 0) is 30.3 Å². The van der Waals surface area contributed by atoms with Gasteiger partial charge >= 0.3 is 0 Å². The van der Waals surface area contributed by atoms with Crippen LogP contribution in [0.25, 0.3) is 10.9 Å². The van der Waals surface area contributed by atoms with Crippen molar-refractivity contribution in [1.82, 2.24) is 4.98 Å². The lowest BCUT2D eigenvalue weighted by atomic mass is 10.1. The minimum Gasteiger partial charge on any atom is -0.322 e. The Morgan fingerprint density at radius 1 is 1.09 bits per heavy atom. The molecule has 1 heterocycles. The van der Waals surface area contributed by atoms with E-state index in [-0.39, 0.29) is 11.3 Å². The molecule has 0 unspecified atom stereocenters. The Bertz CT molecular complexity index is 877. The van der Waals surface area contributed by atoms with Gasteiger partial charge in [0.15, 0.2) is 0 Å². The molecule has 3 rings (SSSR count). The van der Waals surface area contributed by atoms with Crippen LogP contribution in [0.2, 0.25) is 0 Å². The van der Waals surface area contributed by atoms with Crippen molar-refractivity contribution in [3.63, 3.8) is 0 Å². The summed E-state index contributed by atoms with van der Waals surface area (Å²) >= 11 is 0. The van der Waals surface area contributed by atoms with E-state index in [0.29, 0.717) is 5.69 Å². The van der Waals surface area contributed by atoms with E-state index in [9.17, 15) is 14.9 Å². The molecule has 0 atom stereocenters. The zero-order chi connectivity index (χ0) is 15.5. The zero-order valence-corrected chi connectivity index (χ0v) is 11.4. The number of hydrogen-bond acceptors (Lipinski definition) is 4. The van der Waals surface area contributed by atoms with Crippen LogP contribution in [0, 0.1) is 10.1 Å². The van der Waals surface area contributed by atoms with Crippen LogP contribution in [0.3, 0.4) is 0 Å². The van der Waals surface area contributed by atoms with E-state index in [4.69, 9.17) is 0 Å². The predicted octanol–water partition coefficient (Wildman–Crippen LogP) is 3.40. The van der Waals surface area contributed by atoms with E-state index < -0.39 is 10.8 Å². The Hall–Kier alpha value is -3.28. The lowest BCUT2D eigenvalue weighted by molar-refractivity contribution is -0.384. The summed E-state index contributed by atoms with van der Waals surface area (Å²) in [4.78, 5) is 26.6. The van der Waals surface area contributed by atoms with Gasteiger partial charge in [-0.15, -0.1) is 0 Å². The molecule has 0 fully saturated rings. The number of non-ortho nitro benzene ring substituents is 1. The first-order valence-corrected chi connectivity index (χ1v) is 6.54. The number of amides is 1. The molecule has 0 aliphatic heterocycles. The fourth-order valence-corrected chi connectivity index (χ4v) is 2.12. The maximum atomic E-state index is 12.2. The van der Waals surface area contributed by atoms with Gasteiger partial charge < -0.3 is 5.32 Å². The predicted molar refractivity (Wildman–Crippen MR) is 82.8 cm³/mol. The third-order valence-electron chi connectivity index (χ3n) is 3.18. The van der Waals surface area contributed by atoms with Crippen LogP contribution in [0.5, 0.6) is 0 Å². The first-order chi connectivity index (χ1) is 10.6. The summed E-state index contributed by atoms with van der Waals surface area (Å²) < 4.78 is 0. The molecule has 0 bridgehead atoms. The SMILES string of the molecule is O=C(Nc1ccc2ncccc2c1)c1cccc([N+](=O)[O-])c1. The van der Waals surface area contributed by atoms with E-state index in [0.717, 1.165) is 10.9 Å². The summed E-state index contributed by atoms with van der Waals surface area (Å²) in [7, 11) is 0. The van der Waals surface area contributed by atoms with Crippen molar-refractivity contribution >= 4 is 28.2 Å². The van der Waals surface area contributed by atoms with Crippen LogP contribution < -0.4 is 5.32 Å². The Kier molecular flexibility index (Phi) is 3.49. The molecule has 0 radical (unpaired) electrons. The minimum absolute atomic E-state index is 0.115. The van der Waals surface area contributed by atoms with Crippen LogP contribution in [0.1, 0.15) is 10.4 Å². The molecular weight excluding hydrogens is 282 g/mol. The second kappa shape index (κ2) is 5.61. The number of anilines is 1. The average molecular weight is 293 g/mol. The third-order valence-corrected chi connectivity index (χ3v) is 3.18. The van der Waals surface area contributed by atoms with Gasteiger partial charge in [-0.25, -0.2) is 0 Å². The molecule has 0 saturated heterocycles. The number of pyridine rings is 1. The molecule has 0 aliphatic carbocycles. The number of carbonyl (C=O) groups is 1. The summed E-state index contributed by atoms with van der Waals surface area (Å²) in [5.74, 6) is -0.396. The lowest BCUT2D eigenvalue weighted by Gasteiger charge is -2.06. The maximum absolute atomic E-state index is 12.2. The molecule has 0 spiro atoms. The van der Waals surface area contributed by atoms with Crippen molar-refractivity contribution in [3.8, 4) is 0 Å². The zero-order valence-electron chi connectivity index (χ0n) is 11.4. The lowest BCUT2D eigenvalue weighted by Crippen LogP contribution is -2.12. The number of rotatable bonds is 3. The normalized spacial score (nSPS) is 10.4. The third kappa shape index (κ3) is 2.76. The maximum Gasteiger partial charge on any atom is 0.270 e. The van der Waals surface area contributed by atoms with Crippen LogP contribution in [-0.2, 0) is 0 Å². The van der Waals surface area contributed by atoms with Gasteiger partial charge in [0.1, 0.15) is 0 Å². The quantitative estimate of drug-likeness (QED) is 0.592. The van der Waals surface area contributed by atoms with Crippen LogP contribution >= 0.6 is 0 Å². The number of nitro groups is 1. The molecule has 2 aromatic carbocycles. The molecular formula is C16H11N3O3.